The quantitative estimate of drug-likeness (QED) is 0.879. The van der Waals surface area contributed by atoms with E-state index in [0.717, 1.165) is 18.8 Å². The summed E-state index contributed by atoms with van der Waals surface area (Å²) in [6.07, 6.45) is 6.66. The first kappa shape index (κ1) is 14.5. The van der Waals surface area contributed by atoms with Crippen LogP contribution in [-0.2, 0) is 11.3 Å². The number of aromatic nitrogens is 2. The van der Waals surface area contributed by atoms with Crippen molar-refractivity contribution in [3.8, 4) is 0 Å². The topological polar surface area (TPSA) is 73.4 Å². The highest BCUT2D eigenvalue weighted by Gasteiger charge is 2.23. The molecule has 116 valence electrons. The van der Waals surface area contributed by atoms with Crippen molar-refractivity contribution in [3.63, 3.8) is 0 Å². The minimum Gasteiger partial charge on any atom is -0.378 e. The molecule has 0 aromatic carbocycles. The number of ether oxygens (including phenoxy) is 1. The number of nitrogens with zero attached hydrogens (tertiary/aromatic N) is 3. The van der Waals surface area contributed by atoms with Gasteiger partial charge in [0, 0.05) is 25.2 Å². The van der Waals surface area contributed by atoms with Crippen LogP contribution in [0, 0.1) is 5.92 Å². The van der Waals surface area contributed by atoms with Gasteiger partial charge in [0.05, 0.1) is 31.6 Å². The van der Waals surface area contributed by atoms with Gasteiger partial charge in [-0.25, -0.2) is 4.68 Å². The van der Waals surface area contributed by atoms with E-state index in [1.807, 2.05) is 0 Å². The second-order valence-corrected chi connectivity index (χ2v) is 6.04. The number of morpholine rings is 1. The van der Waals surface area contributed by atoms with E-state index in [-0.39, 0.29) is 11.6 Å². The van der Waals surface area contributed by atoms with Gasteiger partial charge in [0.25, 0.3) is 5.56 Å². The lowest BCUT2D eigenvalue weighted by Gasteiger charge is -2.28. The monoisotopic (exact) mass is 292 g/mol. The van der Waals surface area contributed by atoms with E-state index >= 15 is 0 Å². The van der Waals surface area contributed by atoms with Gasteiger partial charge in [-0.1, -0.05) is 12.8 Å². The van der Waals surface area contributed by atoms with Crippen molar-refractivity contribution in [1.29, 1.82) is 0 Å². The number of anilines is 1. The number of hydrogen-bond donors (Lipinski definition) is 1. The Morgan fingerprint density at radius 2 is 2.05 bits per heavy atom. The minimum absolute atomic E-state index is 0.0342. The molecule has 1 aliphatic carbocycles. The van der Waals surface area contributed by atoms with E-state index in [4.69, 9.17) is 10.5 Å². The lowest BCUT2D eigenvalue weighted by Crippen LogP contribution is -2.40. The number of rotatable bonds is 4. The molecule has 2 aliphatic rings. The minimum atomic E-state index is -0.0626. The molecular weight excluding hydrogens is 268 g/mol. The molecule has 2 fully saturated rings. The van der Waals surface area contributed by atoms with E-state index < -0.39 is 0 Å². The van der Waals surface area contributed by atoms with Gasteiger partial charge in [0.1, 0.15) is 0 Å². The molecular formula is C15H24N4O2. The fraction of sp³-hybridized carbons (Fsp3) is 0.733. The Kier molecular flexibility index (Phi) is 4.55. The van der Waals surface area contributed by atoms with Crippen LogP contribution in [0.15, 0.2) is 17.1 Å². The second kappa shape index (κ2) is 6.58. The third-order valence-electron chi connectivity index (χ3n) is 4.62. The summed E-state index contributed by atoms with van der Waals surface area (Å²) in [5.74, 6) is 0.539. The van der Waals surface area contributed by atoms with Crippen molar-refractivity contribution in [1.82, 2.24) is 9.78 Å². The highest BCUT2D eigenvalue weighted by atomic mass is 16.5. The van der Waals surface area contributed by atoms with Gasteiger partial charge < -0.3 is 15.4 Å². The summed E-state index contributed by atoms with van der Waals surface area (Å²) in [6, 6.07) is 1.70. The summed E-state index contributed by atoms with van der Waals surface area (Å²) in [4.78, 5) is 14.4. The van der Waals surface area contributed by atoms with Crippen molar-refractivity contribution in [3.05, 3.63) is 22.6 Å². The molecule has 1 atom stereocenters. The molecule has 0 bridgehead atoms. The fourth-order valence-corrected chi connectivity index (χ4v) is 3.29. The average molecular weight is 292 g/mol. The normalized spacial score (nSPS) is 21.7. The van der Waals surface area contributed by atoms with Gasteiger partial charge in [0.15, 0.2) is 0 Å². The zero-order chi connectivity index (χ0) is 14.7. The predicted molar refractivity (Wildman–Crippen MR) is 81.5 cm³/mol. The maximum atomic E-state index is 12.2. The van der Waals surface area contributed by atoms with Gasteiger partial charge in [-0.2, -0.15) is 5.10 Å². The largest absolute Gasteiger partial charge is 0.378 e. The van der Waals surface area contributed by atoms with Crippen molar-refractivity contribution in [2.75, 3.05) is 31.2 Å². The molecule has 0 spiro atoms. The summed E-state index contributed by atoms with van der Waals surface area (Å²) < 4.78 is 6.83. The first-order valence-corrected chi connectivity index (χ1v) is 7.89. The van der Waals surface area contributed by atoms with E-state index in [0.29, 0.717) is 25.7 Å². The molecule has 0 amide bonds. The van der Waals surface area contributed by atoms with Crippen LogP contribution in [0.2, 0.25) is 0 Å². The third kappa shape index (κ3) is 3.44. The van der Waals surface area contributed by atoms with Gasteiger partial charge in [-0.15, -0.1) is 0 Å². The summed E-state index contributed by atoms with van der Waals surface area (Å²) >= 11 is 0. The Labute approximate surface area is 124 Å². The molecule has 1 saturated heterocycles. The maximum Gasteiger partial charge on any atom is 0.268 e. The lowest BCUT2D eigenvalue weighted by molar-refractivity contribution is 0.122. The number of nitrogens with two attached hydrogens (primary N) is 1. The van der Waals surface area contributed by atoms with Crippen LogP contribution in [0.1, 0.15) is 25.7 Å². The van der Waals surface area contributed by atoms with Crippen molar-refractivity contribution in [2.45, 2.75) is 38.3 Å². The van der Waals surface area contributed by atoms with Crippen molar-refractivity contribution >= 4 is 5.69 Å². The summed E-state index contributed by atoms with van der Waals surface area (Å²) in [5, 5.41) is 4.31. The van der Waals surface area contributed by atoms with Crippen LogP contribution in [0.3, 0.4) is 0 Å². The molecule has 2 heterocycles. The predicted octanol–water partition coefficient (Wildman–Crippen LogP) is 0.597. The van der Waals surface area contributed by atoms with Crippen molar-refractivity contribution in [2.24, 2.45) is 11.7 Å². The molecule has 1 aromatic rings. The first-order valence-electron chi connectivity index (χ1n) is 7.89. The molecule has 6 nitrogen and oxygen atoms in total. The van der Waals surface area contributed by atoms with E-state index in [2.05, 4.69) is 10.00 Å². The molecule has 1 saturated carbocycles. The van der Waals surface area contributed by atoms with Crippen LogP contribution in [0.4, 0.5) is 5.69 Å². The fourth-order valence-electron chi connectivity index (χ4n) is 3.29. The Bertz CT molecular complexity index is 519. The van der Waals surface area contributed by atoms with Gasteiger partial charge in [-0.05, 0) is 18.8 Å². The Balaban J connectivity index is 1.67. The van der Waals surface area contributed by atoms with Crippen LogP contribution in [0.5, 0.6) is 0 Å². The smallest absolute Gasteiger partial charge is 0.268 e. The second-order valence-electron chi connectivity index (χ2n) is 6.04. The molecule has 0 radical (unpaired) electrons. The maximum absolute atomic E-state index is 12.2. The molecule has 21 heavy (non-hydrogen) atoms. The summed E-state index contributed by atoms with van der Waals surface area (Å²) in [5.41, 5.74) is 7.05. The molecule has 1 aromatic heterocycles. The summed E-state index contributed by atoms with van der Waals surface area (Å²) in [6.45, 7) is 3.55. The average Bonchev–Trinajstić information content (AvgIpc) is 3.04. The SMILES string of the molecule is NC(Cn1ncc(N2CCOCC2)cc1=O)C1CCCC1. The molecule has 2 N–H and O–H groups in total. The Morgan fingerprint density at radius 3 is 2.71 bits per heavy atom. The van der Waals surface area contributed by atoms with Gasteiger partial charge in [-0.3, -0.25) is 4.79 Å². The van der Waals surface area contributed by atoms with Crippen LogP contribution in [0.25, 0.3) is 0 Å². The van der Waals surface area contributed by atoms with Crippen LogP contribution < -0.4 is 16.2 Å². The molecule has 1 aliphatic heterocycles. The van der Waals surface area contributed by atoms with E-state index in [9.17, 15) is 4.79 Å². The zero-order valence-electron chi connectivity index (χ0n) is 12.4. The number of hydrogen-bond acceptors (Lipinski definition) is 5. The highest BCUT2D eigenvalue weighted by Crippen LogP contribution is 2.27. The third-order valence-corrected chi connectivity index (χ3v) is 4.62. The highest BCUT2D eigenvalue weighted by molar-refractivity contribution is 5.43. The molecule has 1 unspecified atom stereocenters. The Morgan fingerprint density at radius 1 is 1.33 bits per heavy atom. The van der Waals surface area contributed by atoms with Gasteiger partial charge in [0.2, 0.25) is 0 Å². The molecule has 3 rings (SSSR count). The first-order chi connectivity index (χ1) is 10.2. The van der Waals surface area contributed by atoms with Crippen LogP contribution in [-0.4, -0.2) is 42.1 Å². The lowest BCUT2D eigenvalue weighted by atomic mass is 9.99. The Hall–Kier alpha value is -1.40. The molecule has 6 heteroatoms. The van der Waals surface area contributed by atoms with E-state index in [1.54, 1.807) is 12.3 Å². The van der Waals surface area contributed by atoms with Crippen LogP contribution >= 0.6 is 0 Å². The van der Waals surface area contributed by atoms with E-state index in [1.165, 1.54) is 30.4 Å². The van der Waals surface area contributed by atoms with Crippen molar-refractivity contribution < 1.29 is 4.74 Å². The standard InChI is InChI=1S/C15H24N4O2/c16-14(12-3-1-2-4-12)11-19-15(20)9-13(10-17-19)18-5-7-21-8-6-18/h9-10,12,14H,1-8,11,16H2. The summed E-state index contributed by atoms with van der Waals surface area (Å²) in [7, 11) is 0. The van der Waals surface area contributed by atoms with Gasteiger partial charge >= 0.3 is 0 Å². The zero-order valence-corrected chi connectivity index (χ0v) is 12.4.